The van der Waals surface area contributed by atoms with E-state index in [0.717, 1.165) is 11.1 Å². The monoisotopic (exact) mass is 424 g/mol. The molecular formula is C20H28N2O4S2. The van der Waals surface area contributed by atoms with Crippen LogP contribution in [0.4, 0.5) is 0 Å². The van der Waals surface area contributed by atoms with Crippen molar-refractivity contribution in [1.29, 1.82) is 0 Å². The molecule has 0 N–H and O–H groups in total. The van der Waals surface area contributed by atoms with E-state index >= 15 is 0 Å². The maximum absolute atomic E-state index is 12.6. The number of nitrogens with zero attached hydrogens (tertiary/aromatic N) is 2. The summed E-state index contributed by atoms with van der Waals surface area (Å²) in [6.45, 7) is 4.46. The predicted octanol–water partition coefficient (Wildman–Crippen LogP) is 3.02. The number of unbranched alkanes of at least 4 members (excludes halogenated alkanes) is 1. The molecule has 0 bridgehead atoms. The Hall–Kier alpha value is -1.74. The lowest BCUT2D eigenvalue weighted by molar-refractivity contribution is 0.421. The average Bonchev–Trinajstić information content (AvgIpc) is 2.65. The zero-order valence-electron chi connectivity index (χ0n) is 16.8. The zero-order chi connectivity index (χ0) is 20.9. The molecule has 0 heterocycles. The fourth-order valence-corrected chi connectivity index (χ4v) is 5.11. The third kappa shape index (κ3) is 5.41. The van der Waals surface area contributed by atoms with E-state index < -0.39 is 20.0 Å². The van der Waals surface area contributed by atoms with Gasteiger partial charge in [0.2, 0.25) is 20.0 Å². The molecule has 2 rings (SSSR count). The Balaban J connectivity index is 1.89. The lowest BCUT2D eigenvalue weighted by Gasteiger charge is -2.19. The molecule has 154 valence electrons. The summed E-state index contributed by atoms with van der Waals surface area (Å²) < 4.78 is 52.9. The van der Waals surface area contributed by atoms with Gasteiger partial charge in [0, 0.05) is 27.2 Å². The minimum atomic E-state index is -3.53. The summed E-state index contributed by atoms with van der Waals surface area (Å²) in [6, 6.07) is 13.5. The van der Waals surface area contributed by atoms with E-state index in [1.807, 2.05) is 13.8 Å². The minimum absolute atomic E-state index is 0.264. The van der Waals surface area contributed by atoms with E-state index in [0.29, 0.717) is 25.9 Å². The molecule has 2 aromatic carbocycles. The maximum atomic E-state index is 12.6. The van der Waals surface area contributed by atoms with Gasteiger partial charge in [-0.15, -0.1) is 0 Å². The van der Waals surface area contributed by atoms with E-state index in [4.69, 9.17) is 0 Å². The summed E-state index contributed by atoms with van der Waals surface area (Å²) in [5.41, 5.74) is 2.00. The smallest absolute Gasteiger partial charge is 0.207 e. The second kappa shape index (κ2) is 9.17. The number of hydrogen-bond donors (Lipinski definition) is 0. The van der Waals surface area contributed by atoms with Crippen molar-refractivity contribution in [2.75, 3.05) is 27.2 Å². The minimum Gasteiger partial charge on any atom is -0.207 e. The first-order valence-electron chi connectivity index (χ1n) is 9.11. The molecule has 28 heavy (non-hydrogen) atoms. The third-order valence-electron chi connectivity index (χ3n) is 4.65. The van der Waals surface area contributed by atoms with E-state index in [2.05, 4.69) is 0 Å². The maximum Gasteiger partial charge on any atom is 0.242 e. The quantitative estimate of drug-likeness (QED) is 0.580. The molecule has 0 amide bonds. The molecule has 0 saturated carbocycles. The number of rotatable bonds is 9. The van der Waals surface area contributed by atoms with Gasteiger partial charge < -0.3 is 0 Å². The highest BCUT2D eigenvalue weighted by molar-refractivity contribution is 7.89. The van der Waals surface area contributed by atoms with Crippen molar-refractivity contribution in [2.45, 2.75) is 36.5 Å². The van der Waals surface area contributed by atoms with Crippen LogP contribution in [0.3, 0.4) is 0 Å². The summed E-state index contributed by atoms with van der Waals surface area (Å²) in [5.74, 6) is 0. The van der Waals surface area contributed by atoms with Gasteiger partial charge in [0.1, 0.15) is 0 Å². The average molecular weight is 425 g/mol. The number of hydrogen-bond acceptors (Lipinski definition) is 4. The molecule has 0 atom stereocenters. The Kier molecular flexibility index (Phi) is 7.39. The normalized spacial score (nSPS) is 12.6. The molecule has 0 aromatic heterocycles. The van der Waals surface area contributed by atoms with E-state index in [1.165, 1.54) is 8.61 Å². The Morgan fingerprint density at radius 3 is 1.18 bits per heavy atom. The second-order valence-corrected chi connectivity index (χ2v) is 11.1. The lowest BCUT2D eigenvalue weighted by atomic mass is 10.2. The molecule has 0 unspecified atom stereocenters. The van der Waals surface area contributed by atoms with Crippen LogP contribution in [-0.2, 0) is 20.0 Å². The lowest BCUT2D eigenvalue weighted by Crippen LogP contribution is -2.30. The highest BCUT2D eigenvalue weighted by atomic mass is 32.2. The van der Waals surface area contributed by atoms with Gasteiger partial charge in [-0.2, -0.15) is 0 Å². The molecule has 8 heteroatoms. The van der Waals surface area contributed by atoms with Gasteiger partial charge in [-0.1, -0.05) is 35.4 Å². The highest BCUT2D eigenvalue weighted by Crippen LogP contribution is 2.17. The highest BCUT2D eigenvalue weighted by Gasteiger charge is 2.22. The molecule has 0 radical (unpaired) electrons. The van der Waals surface area contributed by atoms with Crippen LogP contribution in [0.5, 0.6) is 0 Å². The van der Waals surface area contributed by atoms with Crippen molar-refractivity contribution in [1.82, 2.24) is 8.61 Å². The summed E-state index contributed by atoms with van der Waals surface area (Å²) in [4.78, 5) is 0.527. The van der Waals surface area contributed by atoms with Crippen LogP contribution in [-0.4, -0.2) is 52.6 Å². The van der Waals surface area contributed by atoms with Crippen LogP contribution in [0, 0.1) is 13.8 Å². The molecule has 0 aliphatic rings. The van der Waals surface area contributed by atoms with Crippen molar-refractivity contribution >= 4 is 20.0 Å². The topological polar surface area (TPSA) is 74.8 Å². The van der Waals surface area contributed by atoms with Gasteiger partial charge in [-0.3, -0.25) is 0 Å². The van der Waals surface area contributed by atoms with Gasteiger partial charge in [0.25, 0.3) is 0 Å². The van der Waals surface area contributed by atoms with Crippen LogP contribution in [0.15, 0.2) is 58.3 Å². The predicted molar refractivity (Wildman–Crippen MR) is 111 cm³/mol. The fourth-order valence-electron chi connectivity index (χ4n) is 2.69. The van der Waals surface area contributed by atoms with Crippen LogP contribution in [0.25, 0.3) is 0 Å². The van der Waals surface area contributed by atoms with Crippen LogP contribution in [0.2, 0.25) is 0 Å². The molecule has 6 nitrogen and oxygen atoms in total. The van der Waals surface area contributed by atoms with Crippen LogP contribution in [0.1, 0.15) is 24.0 Å². The Morgan fingerprint density at radius 2 is 0.893 bits per heavy atom. The van der Waals surface area contributed by atoms with Crippen molar-refractivity contribution in [3.8, 4) is 0 Å². The first-order chi connectivity index (χ1) is 13.0. The Labute approximate surface area is 168 Å². The largest absolute Gasteiger partial charge is 0.242 e. The molecular weight excluding hydrogens is 396 g/mol. The van der Waals surface area contributed by atoms with Crippen molar-refractivity contribution < 1.29 is 16.8 Å². The van der Waals surface area contributed by atoms with Gasteiger partial charge in [0.15, 0.2) is 0 Å². The molecule has 2 aromatic rings. The third-order valence-corrected chi connectivity index (χ3v) is 8.40. The Morgan fingerprint density at radius 1 is 0.607 bits per heavy atom. The SMILES string of the molecule is Cc1ccc(S(=O)(=O)N(C)CCCCN(C)S(=O)(=O)c2ccc(C)cc2)cc1. The van der Waals surface area contributed by atoms with E-state index in [-0.39, 0.29) is 9.79 Å². The molecule has 0 fully saturated rings. The number of aryl methyl sites for hydroxylation is 2. The van der Waals surface area contributed by atoms with Gasteiger partial charge in [0.05, 0.1) is 9.79 Å². The fraction of sp³-hybridized carbons (Fsp3) is 0.400. The van der Waals surface area contributed by atoms with E-state index in [9.17, 15) is 16.8 Å². The van der Waals surface area contributed by atoms with Crippen molar-refractivity contribution in [2.24, 2.45) is 0 Å². The molecule has 0 spiro atoms. The first kappa shape index (κ1) is 22.5. The molecule has 0 aliphatic heterocycles. The van der Waals surface area contributed by atoms with Crippen LogP contribution >= 0.6 is 0 Å². The standard InChI is InChI=1S/C20H28N2O4S2/c1-17-7-11-19(12-8-17)27(23,24)21(3)15-5-6-16-22(4)28(25,26)20-13-9-18(2)10-14-20/h7-14H,5-6,15-16H2,1-4H3. The Bertz CT molecular complexity index is 900. The van der Waals surface area contributed by atoms with Gasteiger partial charge in [-0.05, 0) is 51.0 Å². The molecule has 0 aliphatic carbocycles. The first-order valence-corrected chi connectivity index (χ1v) is 12.0. The van der Waals surface area contributed by atoms with E-state index in [1.54, 1.807) is 62.6 Å². The van der Waals surface area contributed by atoms with Crippen molar-refractivity contribution in [3.63, 3.8) is 0 Å². The van der Waals surface area contributed by atoms with Gasteiger partial charge >= 0.3 is 0 Å². The summed E-state index contributed by atoms with van der Waals surface area (Å²) in [7, 11) is -3.97. The summed E-state index contributed by atoms with van der Waals surface area (Å²) >= 11 is 0. The number of sulfonamides is 2. The molecule has 0 saturated heterocycles. The van der Waals surface area contributed by atoms with Crippen molar-refractivity contribution in [3.05, 3.63) is 59.7 Å². The second-order valence-electron chi connectivity index (χ2n) is 6.99. The van der Waals surface area contributed by atoms with Gasteiger partial charge in [-0.25, -0.2) is 25.4 Å². The summed E-state index contributed by atoms with van der Waals surface area (Å²) in [6.07, 6.45) is 1.13. The number of benzene rings is 2. The summed E-state index contributed by atoms with van der Waals surface area (Å²) in [5, 5.41) is 0. The van der Waals surface area contributed by atoms with Crippen LogP contribution < -0.4 is 0 Å². The zero-order valence-corrected chi connectivity index (χ0v) is 18.4.